The van der Waals surface area contributed by atoms with E-state index in [9.17, 15) is 9.59 Å². The Bertz CT molecular complexity index is 794. The van der Waals surface area contributed by atoms with Crippen LogP contribution in [0, 0.1) is 17.8 Å². The first kappa shape index (κ1) is 16.1. The van der Waals surface area contributed by atoms with Gasteiger partial charge in [0.15, 0.2) is 5.82 Å². The standard InChI is InChI=1S/C20H23N3O2/c1-23-9-8-21-20(23)19(25)14-4-6-17(7-5-14)22-18(24)12-16-11-13-2-3-15(16)10-13/h4-9,13,15-16H,2-3,10-12H2,1H3,(H,22,24)/t13-,15-,16+/m0/s1. The molecule has 4 rings (SSSR count). The second kappa shape index (κ2) is 6.47. The molecule has 2 aliphatic rings. The number of imidazole rings is 1. The van der Waals surface area contributed by atoms with Gasteiger partial charge in [0.25, 0.3) is 0 Å². The van der Waals surface area contributed by atoms with E-state index in [0.29, 0.717) is 23.7 Å². The first-order chi connectivity index (χ1) is 12.1. The lowest BCUT2D eigenvalue weighted by Crippen LogP contribution is -2.20. The maximum Gasteiger partial charge on any atom is 0.228 e. The first-order valence-corrected chi connectivity index (χ1v) is 9.02. The van der Waals surface area contributed by atoms with E-state index < -0.39 is 0 Å². The van der Waals surface area contributed by atoms with Crippen LogP contribution in [-0.4, -0.2) is 21.2 Å². The van der Waals surface area contributed by atoms with Gasteiger partial charge in [-0.1, -0.05) is 6.42 Å². The van der Waals surface area contributed by atoms with Gasteiger partial charge in [-0.05, 0) is 61.3 Å². The summed E-state index contributed by atoms with van der Waals surface area (Å²) < 4.78 is 1.70. The van der Waals surface area contributed by atoms with Crippen LogP contribution in [0.4, 0.5) is 5.69 Å². The number of fused-ring (bicyclic) bond motifs is 2. The van der Waals surface area contributed by atoms with Crippen molar-refractivity contribution in [3.05, 3.63) is 48.0 Å². The van der Waals surface area contributed by atoms with E-state index in [0.717, 1.165) is 17.5 Å². The van der Waals surface area contributed by atoms with Gasteiger partial charge in [0.1, 0.15) is 0 Å². The lowest BCUT2D eigenvalue weighted by Gasteiger charge is -2.20. The minimum Gasteiger partial charge on any atom is -0.331 e. The van der Waals surface area contributed by atoms with E-state index in [1.54, 1.807) is 48.3 Å². The number of nitrogens with one attached hydrogen (secondary N) is 1. The molecule has 0 saturated heterocycles. The highest BCUT2D eigenvalue weighted by molar-refractivity contribution is 6.07. The number of aryl methyl sites for hydroxylation is 1. The molecule has 5 nitrogen and oxygen atoms in total. The molecule has 1 N–H and O–H groups in total. The number of amides is 1. The Morgan fingerprint density at radius 1 is 1.20 bits per heavy atom. The fourth-order valence-corrected chi connectivity index (χ4v) is 4.50. The summed E-state index contributed by atoms with van der Waals surface area (Å²) in [5.74, 6) is 2.55. The molecule has 2 aliphatic carbocycles. The van der Waals surface area contributed by atoms with Crippen LogP contribution in [-0.2, 0) is 11.8 Å². The molecular weight excluding hydrogens is 314 g/mol. The molecule has 0 unspecified atom stereocenters. The van der Waals surface area contributed by atoms with Crippen LogP contribution in [0.5, 0.6) is 0 Å². The predicted molar refractivity (Wildman–Crippen MR) is 95.3 cm³/mol. The van der Waals surface area contributed by atoms with Crippen LogP contribution >= 0.6 is 0 Å². The predicted octanol–water partition coefficient (Wildman–Crippen LogP) is 3.42. The van der Waals surface area contributed by atoms with Crippen molar-refractivity contribution < 1.29 is 9.59 Å². The van der Waals surface area contributed by atoms with E-state index in [-0.39, 0.29) is 11.7 Å². The molecule has 25 heavy (non-hydrogen) atoms. The van der Waals surface area contributed by atoms with Crippen molar-refractivity contribution in [2.24, 2.45) is 24.8 Å². The minimum absolute atomic E-state index is 0.0840. The average molecular weight is 337 g/mol. The molecule has 0 aliphatic heterocycles. The van der Waals surface area contributed by atoms with Crippen molar-refractivity contribution in [2.45, 2.75) is 32.1 Å². The van der Waals surface area contributed by atoms with Crippen LogP contribution in [0.2, 0.25) is 0 Å². The van der Waals surface area contributed by atoms with Crippen molar-refractivity contribution in [2.75, 3.05) is 5.32 Å². The number of aromatic nitrogens is 2. The van der Waals surface area contributed by atoms with E-state index >= 15 is 0 Å². The third kappa shape index (κ3) is 3.23. The molecular formula is C20H23N3O2. The molecule has 3 atom stereocenters. The second-order valence-corrected chi connectivity index (χ2v) is 7.46. The highest BCUT2D eigenvalue weighted by Gasteiger charge is 2.40. The largest absolute Gasteiger partial charge is 0.331 e. The Balaban J connectivity index is 1.36. The van der Waals surface area contributed by atoms with Crippen molar-refractivity contribution in [1.82, 2.24) is 9.55 Å². The van der Waals surface area contributed by atoms with Gasteiger partial charge >= 0.3 is 0 Å². The zero-order valence-electron chi connectivity index (χ0n) is 14.4. The van der Waals surface area contributed by atoms with Crippen molar-refractivity contribution in [1.29, 1.82) is 0 Å². The second-order valence-electron chi connectivity index (χ2n) is 7.46. The average Bonchev–Trinajstić information content (AvgIpc) is 3.31. The van der Waals surface area contributed by atoms with Gasteiger partial charge in [-0.3, -0.25) is 9.59 Å². The Labute approximate surface area is 147 Å². The van der Waals surface area contributed by atoms with Gasteiger partial charge in [-0.2, -0.15) is 0 Å². The fourth-order valence-electron chi connectivity index (χ4n) is 4.50. The zero-order chi connectivity index (χ0) is 17.4. The van der Waals surface area contributed by atoms with Crippen LogP contribution in [0.25, 0.3) is 0 Å². The Hall–Kier alpha value is -2.43. The molecule has 1 aromatic heterocycles. The van der Waals surface area contributed by atoms with Gasteiger partial charge in [0.05, 0.1) is 0 Å². The number of benzene rings is 1. The van der Waals surface area contributed by atoms with Gasteiger partial charge in [0, 0.05) is 37.1 Å². The summed E-state index contributed by atoms with van der Waals surface area (Å²) in [7, 11) is 1.80. The van der Waals surface area contributed by atoms with E-state index in [1.807, 2.05) is 0 Å². The number of hydrogen-bond donors (Lipinski definition) is 1. The van der Waals surface area contributed by atoms with Crippen LogP contribution < -0.4 is 5.32 Å². The molecule has 0 radical (unpaired) electrons. The van der Waals surface area contributed by atoms with E-state index in [1.165, 1.54) is 25.7 Å². The van der Waals surface area contributed by atoms with Gasteiger partial charge in [0.2, 0.25) is 11.7 Å². The smallest absolute Gasteiger partial charge is 0.228 e. The third-order valence-corrected chi connectivity index (χ3v) is 5.79. The monoisotopic (exact) mass is 337 g/mol. The van der Waals surface area contributed by atoms with Crippen LogP contribution in [0.1, 0.15) is 48.3 Å². The number of ketones is 1. The van der Waals surface area contributed by atoms with Crippen molar-refractivity contribution in [3.63, 3.8) is 0 Å². The molecule has 2 bridgehead atoms. The number of rotatable bonds is 5. The maximum absolute atomic E-state index is 12.4. The van der Waals surface area contributed by atoms with Gasteiger partial charge in [-0.25, -0.2) is 4.98 Å². The third-order valence-electron chi connectivity index (χ3n) is 5.79. The molecule has 130 valence electrons. The quantitative estimate of drug-likeness (QED) is 0.850. The lowest BCUT2D eigenvalue weighted by atomic mass is 9.86. The summed E-state index contributed by atoms with van der Waals surface area (Å²) in [4.78, 5) is 28.8. The highest BCUT2D eigenvalue weighted by Crippen LogP contribution is 2.49. The topological polar surface area (TPSA) is 64.0 Å². The Kier molecular flexibility index (Phi) is 4.15. The highest BCUT2D eigenvalue weighted by atomic mass is 16.1. The molecule has 2 aromatic rings. The molecule has 1 heterocycles. The summed E-state index contributed by atoms with van der Waals surface area (Å²) >= 11 is 0. The van der Waals surface area contributed by atoms with Crippen LogP contribution in [0.15, 0.2) is 36.7 Å². The number of hydrogen-bond acceptors (Lipinski definition) is 3. The number of carbonyl (C=O) groups excluding carboxylic acids is 2. The summed E-state index contributed by atoms with van der Waals surface area (Å²) in [5.41, 5.74) is 1.31. The normalized spacial score (nSPS) is 24.4. The molecule has 2 saturated carbocycles. The molecule has 2 fully saturated rings. The van der Waals surface area contributed by atoms with E-state index in [2.05, 4.69) is 10.3 Å². The molecule has 5 heteroatoms. The van der Waals surface area contributed by atoms with Gasteiger partial charge < -0.3 is 9.88 Å². The summed E-state index contributed by atoms with van der Waals surface area (Å²) in [6, 6.07) is 7.05. The Morgan fingerprint density at radius 3 is 2.60 bits per heavy atom. The summed E-state index contributed by atoms with van der Waals surface area (Å²) in [6.07, 6.45) is 9.17. The number of anilines is 1. The van der Waals surface area contributed by atoms with Crippen molar-refractivity contribution in [3.8, 4) is 0 Å². The number of nitrogens with zero attached hydrogens (tertiary/aromatic N) is 2. The molecule has 1 aromatic carbocycles. The minimum atomic E-state index is -0.118. The lowest BCUT2D eigenvalue weighted by molar-refractivity contribution is -0.117. The zero-order valence-corrected chi connectivity index (χ0v) is 14.4. The Morgan fingerprint density at radius 2 is 2.00 bits per heavy atom. The first-order valence-electron chi connectivity index (χ1n) is 9.02. The number of carbonyl (C=O) groups is 2. The van der Waals surface area contributed by atoms with E-state index in [4.69, 9.17) is 0 Å². The fraction of sp³-hybridized carbons (Fsp3) is 0.450. The summed E-state index contributed by atoms with van der Waals surface area (Å²) in [6.45, 7) is 0. The van der Waals surface area contributed by atoms with Crippen LogP contribution in [0.3, 0.4) is 0 Å². The van der Waals surface area contributed by atoms with Gasteiger partial charge in [-0.15, -0.1) is 0 Å². The maximum atomic E-state index is 12.4. The van der Waals surface area contributed by atoms with Crippen molar-refractivity contribution >= 4 is 17.4 Å². The SMILES string of the molecule is Cn1ccnc1C(=O)c1ccc(NC(=O)C[C@H]2C[C@H]3CC[C@H]2C3)cc1. The summed E-state index contributed by atoms with van der Waals surface area (Å²) in [5, 5.41) is 2.97. The molecule has 0 spiro atoms. The molecule has 1 amide bonds.